The zero-order valence-electron chi connectivity index (χ0n) is 15.6. The first-order valence-corrected chi connectivity index (χ1v) is 8.99. The van der Waals surface area contributed by atoms with Gasteiger partial charge in [0.25, 0.3) is 0 Å². The fourth-order valence-electron chi connectivity index (χ4n) is 3.60. The number of hydrogen-bond donors (Lipinski definition) is 2. The van der Waals surface area contributed by atoms with Crippen molar-refractivity contribution < 1.29 is 9.59 Å². The van der Waals surface area contributed by atoms with E-state index in [1.807, 2.05) is 19.1 Å². The highest BCUT2D eigenvalue weighted by atomic mass is 35.5. The van der Waals surface area contributed by atoms with Crippen LogP contribution in [-0.2, 0) is 17.6 Å². The maximum absolute atomic E-state index is 12.4. The van der Waals surface area contributed by atoms with Crippen LogP contribution in [0.3, 0.4) is 0 Å². The summed E-state index contributed by atoms with van der Waals surface area (Å²) >= 11 is 0. The average Bonchev–Trinajstić information content (AvgIpc) is 2.99. The van der Waals surface area contributed by atoms with Crippen LogP contribution in [0.2, 0.25) is 0 Å². The molecule has 0 radical (unpaired) electrons. The Hall–Kier alpha value is -1.39. The average molecular weight is 367 g/mol. The molecule has 1 amide bonds. The van der Waals surface area contributed by atoms with E-state index in [9.17, 15) is 9.59 Å². The third-order valence-electron chi connectivity index (χ3n) is 4.75. The van der Waals surface area contributed by atoms with Gasteiger partial charge in [0.05, 0.1) is 0 Å². The van der Waals surface area contributed by atoms with E-state index in [2.05, 4.69) is 25.2 Å². The number of Topliss-reactive ketones (excluding diaryl/α,β-unsaturated/α-hetero) is 1. The lowest BCUT2D eigenvalue weighted by atomic mass is 9.90. The highest BCUT2D eigenvalue weighted by Gasteiger charge is 2.26. The maximum Gasteiger partial charge on any atom is 0.220 e. The van der Waals surface area contributed by atoms with Crippen LogP contribution in [0.1, 0.15) is 67.9 Å². The molecule has 0 fully saturated rings. The molecule has 2 rings (SSSR count). The number of fused-ring (bicyclic) bond motifs is 1. The summed E-state index contributed by atoms with van der Waals surface area (Å²) in [5.41, 5.74) is 8.80. The lowest BCUT2D eigenvalue weighted by Gasteiger charge is -2.31. The van der Waals surface area contributed by atoms with Gasteiger partial charge >= 0.3 is 0 Å². The van der Waals surface area contributed by atoms with E-state index >= 15 is 0 Å². The number of nitrogens with one attached hydrogen (secondary N) is 1. The van der Waals surface area contributed by atoms with Crippen LogP contribution >= 0.6 is 12.4 Å². The summed E-state index contributed by atoms with van der Waals surface area (Å²) < 4.78 is 0. The Bertz CT molecular complexity index is 616. The minimum absolute atomic E-state index is 0. The van der Waals surface area contributed by atoms with Crippen molar-refractivity contribution in [1.82, 2.24) is 5.32 Å². The van der Waals surface area contributed by atoms with Crippen molar-refractivity contribution >= 4 is 24.1 Å². The van der Waals surface area contributed by atoms with Gasteiger partial charge in [0, 0.05) is 30.5 Å². The van der Waals surface area contributed by atoms with E-state index in [1.54, 1.807) is 0 Å². The lowest BCUT2D eigenvalue weighted by molar-refractivity contribution is -0.122. The van der Waals surface area contributed by atoms with E-state index in [1.165, 1.54) is 17.5 Å². The van der Waals surface area contributed by atoms with E-state index < -0.39 is 5.54 Å². The first kappa shape index (κ1) is 21.7. The predicted octanol–water partition coefficient (Wildman–Crippen LogP) is 3.44. The molecule has 1 unspecified atom stereocenters. The van der Waals surface area contributed by atoms with Gasteiger partial charge in [0.2, 0.25) is 5.91 Å². The smallest absolute Gasteiger partial charge is 0.220 e. The van der Waals surface area contributed by atoms with Crippen molar-refractivity contribution in [3.63, 3.8) is 0 Å². The Kier molecular flexibility index (Phi) is 8.10. The standard InChI is InChI=1S/C20H30N2O2.ClH/c1-14(2)12-20(3,13-21)22-19(24)10-9-18(23)17-8-7-15-5-4-6-16(15)11-17;/h7-8,11,14H,4-6,9-10,12-13,21H2,1-3H3,(H,22,24);1H. The van der Waals surface area contributed by atoms with Crippen LogP contribution in [-0.4, -0.2) is 23.8 Å². The summed E-state index contributed by atoms with van der Waals surface area (Å²) in [5, 5.41) is 3.01. The minimum atomic E-state index is -0.401. The number of hydrogen-bond acceptors (Lipinski definition) is 3. The minimum Gasteiger partial charge on any atom is -0.350 e. The van der Waals surface area contributed by atoms with Gasteiger partial charge in [-0.1, -0.05) is 26.0 Å². The van der Waals surface area contributed by atoms with E-state index in [-0.39, 0.29) is 36.9 Å². The second-order valence-corrected chi connectivity index (χ2v) is 7.67. The number of carbonyl (C=O) groups is 2. The number of nitrogens with two attached hydrogens (primary N) is 1. The van der Waals surface area contributed by atoms with E-state index in [0.717, 1.165) is 24.8 Å². The summed E-state index contributed by atoms with van der Waals surface area (Å²) in [6.45, 7) is 6.58. The second kappa shape index (κ2) is 9.35. The molecule has 4 nitrogen and oxygen atoms in total. The van der Waals surface area contributed by atoms with Gasteiger partial charge in [0.1, 0.15) is 0 Å². The Labute approximate surface area is 157 Å². The van der Waals surface area contributed by atoms with Crippen LogP contribution in [0.4, 0.5) is 0 Å². The molecule has 3 N–H and O–H groups in total. The summed E-state index contributed by atoms with van der Waals surface area (Å²) in [6, 6.07) is 5.96. The monoisotopic (exact) mass is 366 g/mol. The second-order valence-electron chi connectivity index (χ2n) is 7.67. The molecule has 0 spiro atoms. The number of rotatable bonds is 8. The normalized spacial score (nSPS) is 15.2. The van der Waals surface area contributed by atoms with Gasteiger partial charge in [-0.15, -0.1) is 12.4 Å². The molecular formula is C20H31ClN2O2. The number of benzene rings is 1. The zero-order chi connectivity index (χ0) is 17.7. The number of amides is 1. The van der Waals surface area contributed by atoms with E-state index in [4.69, 9.17) is 5.73 Å². The SMILES string of the molecule is CC(C)CC(C)(CN)NC(=O)CCC(=O)c1ccc2c(c1)CCC2.Cl. The summed E-state index contributed by atoms with van der Waals surface area (Å²) in [5.74, 6) is 0.392. The van der Waals surface area contributed by atoms with Gasteiger partial charge < -0.3 is 11.1 Å². The van der Waals surface area contributed by atoms with Crippen molar-refractivity contribution in [2.75, 3.05) is 6.54 Å². The molecule has 1 aromatic carbocycles. The molecular weight excluding hydrogens is 336 g/mol. The Morgan fingerprint density at radius 2 is 1.88 bits per heavy atom. The van der Waals surface area contributed by atoms with Gasteiger partial charge in [-0.2, -0.15) is 0 Å². The fraction of sp³-hybridized carbons (Fsp3) is 0.600. The topological polar surface area (TPSA) is 72.2 Å². The molecule has 0 heterocycles. The predicted molar refractivity (Wildman–Crippen MR) is 104 cm³/mol. The first-order valence-electron chi connectivity index (χ1n) is 8.99. The largest absolute Gasteiger partial charge is 0.350 e. The van der Waals surface area contributed by atoms with Crippen LogP contribution in [0.15, 0.2) is 18.2 Å². The number of aryl methyl sites for hydroxylation is 2. The molecule has 5 heteroatoms. The molecule has 1 aromatic rings. The molecule has 0 saturated carbocycles. The molecule has 0 aliphatic heterocycles. The fourth-order valence-corrected chi connectivity index (χ4v) is 3.60. The molecule has 0 aromatic heterocycles. The zero-order valence-corrected chi connectivity index (χ0v) is 16.4. The quantitative estimate of drug-likeness (QED) is 0.692. The Balaban J connectivity index is 0.00000312. The van der Waals surface area contributed by atoms with Crippen molar-refractivity contribution in [1.29, 1.82) is 0 Å². The van der Waals surface area contributed by atoms with Crippen LogP contribution in [0.25, 0.3) is 0 Å². The van der Waals surface area contributed by atoms with Gasteiger partial charge in [-0.05, 0) is 55.7 Å². The molecule has 1 aliphatic rings. The lowest BCUT2D eigenvalue weighted by Crippen LogP contribution is -2.52. The number of halogens is 1. The van der Waals surface area contributed by atoms with Gasteiger partial charge in [-0.25, -0.2) is 0 Å². The van der Waals surface area contributed by atoms with Crippen molar-refractivity contribution in [3.05, 3.63) is 34.9 Å². The summed E-state index contributed by atoms with van der Waals surface area (Å²) in [6.07, 6.45) is 4.62. The van der Waals surface area contributed by atoms with Crippen molar-refractivity contribution in [3.8, 4) is 0 Å². The van der Waals surface area contributed by atoms with Crippen LogP contribution < -0.4 is 11.1 Å². The third-order valence-corrected chi connectivity index (χ3v) is 4.75. The molecule has 140 valence electrons. The molecule has 0 saturated heterocycles. The Morgan fingerprint density at radius 1 is 1.20 bits per heavy atom. The van der Waals surface area contributed by atoms with Crippen molar-refractivity contribution in [2.45, 2.75) is 64.8 Å². The molecule has 1 atom stereocenters. The maximum atomic E-state index is 12.4. The molecule has 1 aliphatic carbocycles. The van der Waals surface area contributed by atoms with Crippen LogP contribution in [0.5, 0.6) is 0 Å². The molecule has 0 bridgehead atoms. The van der Waals surface area contributed by atoms with Gasteiger partial charge in [0.15, 0.2) is 5.78 Å². The summed E-state index contributed by atoms with van der Waals surface area (Å²) in [7, 11) is 0. The molecule has 25 heavy (non-hydrogen) atoms. The van der Waals surface area contributed by atoms with Crippen molar-refractivity contribution in [2.24, 2.45) is 11.7 Å². The van der Waals surface area contributed by atoms with Crippen LogP contribution in [0, 0.1) is 5.92 Å². The van der Waals surface area contributed by atoms with E-state index in [0.29, 0.717) is 12.5 Å². The summed E-state index contributed by atoms with van der Waals surface area (Å²) in [4.78, 5) is 24.6. The van der Waals surface area contributed by atoms with Gasteiger partial charge in [-0.3, -0.25) is 9.59 Å². The highest BCUT2D eigenvalue weighted by Crippen LogP contribution is 2.23. The first-order chi connectivity index (χ1) is 11.3. The Morgan fingerprint density at radius 3 is 2.52 bits per heavy atom. The number of ketones is 1. The highest BCUT2D eigenvalue weighted by molar-refractivity contribution is 5.98. The third kappa shape index (κ3) is 6.12. The number of carbonyl (C=O) groups excluding carboxylic acids is 2.